The molecule has 1 fully saturated rings. The summed E-state index contributed by atoms with van der Waals surface area (Å²) in [4.78, 5) is 10.3. The average Bonchev–Trinajstić information content (AvgIpc) is 3.25. The maximum Gasteiger partial charge on any atom is 0.243 e. The molecule has 3 rings (SSSR count). The fraction of sp³-hybridized carbons (Fsp3) is 0.524. The number of benzene rings is 1. The van der Waals surface area contributed by atoms with Gasteiger partial charge in [0, 0.05) is 50.7 Å². The third kappa shape index (κ3) is 7.40. The van der Waals surface area contributed by atoms with E-state index in [0.29, 0.717) is 30.5 Å². The monoisotopic (exact) mass is 577 g/mol. The molecule has 0 atom stereocenters. The van der Waals surface area contributed by atoms with Crippen molar-refractivity contribution in [3.05, 3.63) is 45.9 Å². The Morgan fingerprint density at radius 2 is 2.00 bits per heavy atom. The Labute approximate surface area is 206 Å². The first-order valence-electron chi connectivity index (χ1n) is 10.5. The lowest BCUT2D eigenvalue weighted by atomic mass is 10.2. The second kappa shape index (κ2) is 12.7. The Kier molecular flexibility index (Phi) is 10.7. The number of halogens is 1. The van der Waals surface area contributed by atoms with Crippen molar-refractivity contribution in [2.75, 3.05) is 26.7 Å². The first kappa shape index (κ1) is 26.0. The van der Waals surface area contributed by atoms with Crippen LogP contribution < -0.4 is 10.6 Å². The standard InChI is InChI=1S/C21H31N5O2S2.HI/c1-3-18-16-24-20(29-18)10-11-23-21(22-2)25-15-17-8-7-9-19(14-17)30(27,28)26-12-5-4-6-13-26;/h7-9,14,16H,3-6,10-13,15H2,1-2H3,(H2,22,23,25);1H. The van der Waals surface area contributed by atoms with E-state index in [1.54, 1.807) is 40.9 Å². The molecule has 1 saturated heterocycles. The molecule has 172 valence electrons. The van der Waals surface area contributed by atoms with Gasteiger partial charge in [-0.15, -0.1) is 35.3 Å². The molecule has 0 amide bonds. The number of rotatable bonds is 8. The van der Waals surface area contributed by atoms with Crippen LogP contribution in [0.4, 0.5) is 0 Å². The van der Waals surface area contributed by atoms with Crippen LogP contribution in [0, 0.1) is 0 Å². The average molecular weight is 578 g/mol. The molecule has 0 aliphatic carbocycles. The van der Waals surface area contributed by atoms with Crippen LogP contribution >= 0.6 is 35.3 Å². The summed E-state index contributed by atoms with van der Waals surface area (Å²) in [6.07, 6.45) is 6.77. The van der Waals surface area contributed by atoms with E-state index in [2.05, 4.69) is 27.5 Å². The zero-order chi connectivity index (χ0) is 21.4. The highest BCUT2D eigenvalue weighted by Crippen LogP contribution is 2.21. The SMILES string of the molecule is CCc1cnc(CCNC(=NC)NCc2cccc(S(=O)(=O)N3CCCCC3)c2)s1.I. The first-order chi connectivity index (χ1) is 14.5. The number of nitrogens with zero attached hydrogens (tertiary/aromatic N) is 3. The van der Waals surface area contributed by atoms with Crippen molar-refractivity contribution < 1.29 is 8.42 Å². The minimum Gasteiger partial charge on any atom is -0.356 e. The highest BCUT2D eigenvalue weighted by molar-refractivity contribution is 14.0. The molecule has 10 heteroatoms. The molecule has 1 aliphatic rings. The molecule has 7 nitrogen and oxygen atoms in total. The van der Waals surface area contributed by atoms with Gasteiger partial charge in [0.2, 0.25) is 10.0 Å². The number of piperidine rings is 1. The summed E-state index contributed by atoms with van der Waals surface area (Å²) >= 11 is 1.75. The predicted molar refractivity (Wildman–Crippen MR) is 138 cm³/mol. The van der Waals surface area contributed by atoms with Crippen LogP contribution in [0.25, 0.3) is 0 Å². The quantitative estimate of drug-likeness (QED) is 0.286. The lowest BCUT2D eigenvalue weighted by Crippen LogP contribution is -2.38. The van der Waals surface area contributed by atoms with Crippen molar-refractivity contribution in [3.63, 3.8) is 0 Å². The number of hydrogen-bond acceptors (Lipinski definition) is 5. The van der Waals surface area contributed by atoms with Crippen molar-refractivity contribution in [2.45, 2.75) is 50.5 Å². The number of hydrogen-bond donors (Lipinski definition) is 2. The number of guanidine groups is 1. The molecule has 2 aromatic rings. The van der Waals surface area contributed by atoms with E-state index >= 15 is 0 Å². The fourth-order valence-corrected chi connectivity index (χ4v) is 5.84. The summed E-state index contributed by atoms with van der Waals surface area (Å²) in [5.41, 5.74) is 0.906. The van der Waals surface area contributed by atoms with Gasteiger partial charge in [0.1, 0.15) is 0 Å². The summed E-state index contributed by atoms with van der Waals surface area (Å²) in [6.45, 7) is 4.59. The first-order valence-corrected chi connectivity index (χ1v) is 12.8. The number of aromatic nitrogens is 1. The van der Waals surface area contributed by atoms with E-state index < -0.39 is 10.0 Å². The van der Waals surface area contributed by atoms with Crippen LogP contribution in [0.15, 0.2) is 40.4 Å². The third-order valence-corrected chi connectivity index (χ3v) is 8.21. The van der Waals surface area contributed by atoms with Gasteiger partial charge in [-0.05, 0) is 37.0 Å². The maximum absolute atomic E-state index is 12.9. The van der Waals surface area contributed by atoms with Crippen LogP contribution in [0.3, 0.4) is 0 Å². The molecular weight excluding hydrogens is 545 g/mol. The zero-order valence-electron chi connectivity index (χ0n) is 18.1. The second-order valence-corrected chi connectivity index (χ2v) is 10.4. The highest BCUT2D eigenvalue weighted by Gasteiger charge is 2.25. The molecule has 2 N–H and O–H groups in total. The van der Waals surface area contributed by atoms with Crippen LogP contribution in [-0.2, 0) is 29.4 Å². The number of thiazole rings is 1. The van der Waals surface area contributed by atoms with E-state index in [-0.39, 0.29) is 24.0 Å². The molecule has 1 aromatic heterocycles. The Balaban J connectivity index is 0.00000341. The van der Waals surface area contributed by atoms with Crippen molar-refractivity contribution in [1.82, 2.24) is 19.9 Å². The Hall–Kier alpha value is -1.24. The molecule has 2 heterocycles. The lowest BCUT2D eigenvalue weighted by Gasteiger charge is -2.26. The summed E-state index contributed by atoms with van der Waals surface area (Å²) in [5.74, 6) is 0.687. The van der Waals surface area contributed by atoms with Gasteiger partial charge in [0.05, 0.1) is 9.90 Å². The van der Waals surface area contributed by atoms with E-state index in [0.717, 1.165) is 49.2 Å². The van der Waals surface area contributed by atoms with Gasteiger partial charge in [0.15, 0.2) is 5.96 Å². The molecule has 1 aromatic carbocycles. The smallest absolute Gasteiger partial charge is 0.243 e. The number of sulfonamides is 1. The largest absolute Gasteiger partial charge is 0.356 e. The molecule has 0 bridgehead atoms. The van der Waals surface area contributed by atoms with E-state index in [1.165, 1.54) is 4.88 Å². The van der Waals surface area contributed by atoms with Gasteiger partial charge in [0.25, 0.3) is 0 Å². The van der Waals surface area contributed by atoms with Crippen molar-refractivity contribution in [3.8, 4) is 0 Å². The van der Waals surface area contributed by atoms with Gasteiger partial charge in [-0.2, -0.15) is 4.31 Å². The van der Waals surface area contributed by atoms with Gasteiger partial charge < -0.3 is 10.6 Å². The zero-order valence-corrected chi connectivity index (χ0v) is 22.1. The molecule has 31 heavy (non-hydrogen) atoms. The van der Waals surface area contributed by atoms with Crippen LogP contribution in [0.5, 0.6) is 0 Å². The predicted octanol–water partition coefficient (Wildman–Crippen LogP) is 3.41. The number of aryl methyl sites for hydroxylation is 1. The van der Waals surface area contributed by atoms with Gasteiger partial charge >= 0.3 is 0 Å². The van der Waals surface area contributed by atoms with Gasteiger partial charge in [-0.25, -0.2) is 13.4 Å². The molecule has 1 aliphatic heterocycles. The number of aliphatic imine (C=N–C) groups is 1. The maximum atomic E-state index is 12.9. The summed E-state index contributed by atoms with van der Waals surface area (Å²) in [5, 5.41) is 7.67. The third-order valence-electron chi connectivity index (χ3n) is 5.12. The van der Waals surface area contributed by atoms with Gasteiger partial charge in [-0.1, -0.05) is 25.5 Å². The minimum absolute atomic E-state index is 0. The van der Waals surface area contributed by atoms with E-state index in [1.807, 2.05) is 12.3 Å². The fourth-order valence-electron chi connectivity index (χ4n) is 3.39. The molecular formula is C21H32IN5O2S2. The van der Waals surface area contributed by atoms with Crippen LogP contribution in [-0.4, -0.2) is 50.3 Å². The number of nitrogens with one attached hydrogen (secondary N) is 2. The minimum atomic E-state index is -3.42. The summed E-state index contributed by atoms with van der Waals surface area (Å²) < 4.78 is 27.4. The normalized spacial score (nSPS) is 15.4. The highest BCUT2D eigenvalue weighted by atomic mass is 127. The van der Waals surface area contributed by atoms with E-state index in [9.17, 15) is 8.42 Å². The Morgan fingerprint density at radius 3 is 2.68 bits per heavy atom. The topological polar surface area (TPSA) is 86.7 Å². The second-order valence-electron chi connectivity index (χ2n) is 7.29. The lowest BCUT2D eigenvalue weighted by molar-refractivity contribution is 0.346. The molecule has 0 radical (unpaired) electrons. The Morgan fingerprint density at radius 1 is 1.23 bits per heavy atom. The summed E-state index contributed by atoms with van der Waals surface area (Å²) in [6, 6.07) is 7.17. The molecule has 0 unspecified atom stereocenters. The van der Waals surface area contributed by atoms with Crippen LogP contribution in [0.1, 0.15) is 41.6 Å². The summed E-state index contributed by atoms with van der Waals surface area (Å²) in [7, 11) is -1.69. The van der Waals surface area contributed by atoms with E-state index in [4.69, 9.17) is 0 Å². The van der Waals surface area contributed by atoms with Crippen molar-refractivity contribution in [1.29, 1.82) is 0 Å². The van der Waals surface area contributed by atoms with Crippen molar-refractivity contribution in [2.24, 2.45) is 4.99 Å². The van der Waals surface area contributed by atoms with Crippen LogP contribution in [0.2, 0.25) is 0 Å². The van der Waals surface area contributed by atoms with Crippen molar-refractivity contribution >= 4 is 51.3 Å². The Bertz CT molecular complexity index is 956. The van der Waals surface area contributed by atoms with Gasteiger partial charge in [-0.3, -0.25) is 4.99 Å². The molecule has 0 spiro atoms. The molecule has 0 saturated carbocycles.